The van der Waals surface area contributed by atoms with Crippen molar-refractivity contribution in [2.45, 2.75) is 19.4 Å². The van der Waals surface area contributed by atoms with Crippen LogP contribution < -0.4 is 0 Å². The molecule has 1 atom stereocenters. The summed E-state index contributed by atoms with van der Waals surface area (Å²) < 4.78 is 0. The van der Waals surface area contributed by atoms with E-state index in [9.17, 15) is 9.59 Å². The Morgan fingerprint density at radius 1 is 1.42 bits per heavy atom. The molecule has 1 amide bonds. The average Bonchev–Trinajstić information content (AvgIpc) is 2.72. The van der Waals surface area contributed by atoms with E-state index in [-0.39, 0.29) is 18.2 Å². The zero-order chi connectivity index (χ0) is 13.8. The van der Waals surface area contributed by atoms with Crippen LogP contribution in [-0.2, 0) is 22.6 Å². The van der Waals surface area contributed by atoms with E-state index >= 15 is 0 Å². The zero-order valence-electron chi connectivity index (χ0n) is 10.7. The van der Waals surface area contributed by atoms with Crippen molar-refractivity contribution >= 4 is 11.9 Å². The molecule has 4 heteroatoms. The van der Waals surface area contributed by atoms with Crippen LogP contribution in [0.15, 0.2) is 36.9 Å². The number of hydrogen-bond acceptors (Lipinski definition) is 2. The van der Waals surface area contributed by atoms with Gasteiger partial charge in [0, 0.05) is 25.4 Å². The number of hydrogen-bond donors (Lipinski definition) is 1. The van der Waals surface area contributed by atoms with Gasteiger partial charge in [-0.3, -0.25) is 9.59 Å². The number of carboxylic acid groups (broad SMARTS) is 1. The fourth-order valence-electron chi connectivity index (χ4n) is 2.37. The fraction of sp³-hybridized carbons (Fsp3) is 0.333. The van der Waals surface area contributed by atoms with E-state index in [1.807, 2.05) is 18.2 Å². The Hall–Kier alpha value is -2.10. The van der Waals surface area contributed by atoms with Crippen LogP contribution in [-0.4, -0.2) is 28.4 Å². The highest BCUT2D eigenvalue weighted by atomic mass is 16.4. The Morgan fingerprint density at radius 3 is 2.68 bits per heavy atom. The summed E-state index contributed by atoms with van der Waals surface area (Å²) in [4.78, 5) is 24.4. The third-order valence-corrected chi connectivity index (χ3v) is 3.40. The lowest BCUT2D eigenvalue weighted by atomic mass is 10.0. The van der Waals surface area contributed by atoms with Crippen LogP contribution in [0, 0.1) is 5.92 Å². The average molecular weight is 259 g/mol. The number of carbonyl (C=O) groups excluding carboxylic acids is 1. The summed E-state index contributed by atoms with van der Waals surface area (Å²) in [5.41, 5.74) is 1.67. The number of carboxylic acids is 1. The van der Waals surface area contributed by atoms with E-state index in [0.717, 1.165) is 11.1 Å². The maximum Gasteiger partial charge on any atom is 0.307 e. The van der Waals surface area contributed by atoms with E-state index < -0.39 is 5.97 Å². The summed E-state index contributed by atoms with van der Waals surface area (Å²) in [6.45, 7) is 4.87. The molecule has 0 radical (unpaired) electrons. The van der Waals surface area contributed by atoms with Gasteiger partial charge in [0.25, 0.3) is 0 Å². The highest BCUT2D eigenvalue weighted by Gasteiger charge is 2.27. The topological polar surface area (TPSA) is 57.6 Å². The van der Waals surface area contributed by atoms with E-state index in [2.05, 4.69) is 6.58 Å². The molecule has 100 valence electrons. The normalized spacial score (nSPS) is 18.6. The monoisotopic (exact) mass is 259 g/mol. The summed E-state index contributed by atoms with van der Waals surface area (Å²) in [5, 5.41) is 8.89. The first kappa shape index (κ1) is 13.3. The summed E-state index contributed by atoms with van der Waals surface area (Å²) in [5.74, 6) is -0.543. The third-order valence-electron chi connectivity index (χ3n) is 3.40. The predicted molar refractivity (Wildman–Crippen MR) is 71.5 cm³/mol. The summed E-state index contributed by atoms with van der Waals surface area (Å²) in [6.07, 6.45) is 2.30. The number of carbonyl (C=O) groups is 2. The Balaban J connectivity index is 2.13. The molecular weight excluding hydrogens is 242 g/mol. The van der Waals surface area contributed by atoms with Gasteiger partial charge < -0.3 is 10.0 Å². The van der Waals surface area contributed by atoms with Crippen molar-refractivity contribution in [3.63, 3.8) is 0 Å². The second-order valence-electron chi connectivity index (χ2n) is 4.81. The standard InChI is InChI=1S/C15H17NO3/c1-2-11-7-14(17)16(9-11)10-13-6-4-3-5-12(13)8-15(18)19/h2-6,11H,1,7-10H2,(H,18,19). The Bertz CT molecular complexity index is 510. The van der Waals surface area contributed by atoms with Gasteiger partial charge in [-0.2, -0.15) is 0 Å². The second kappa shape index (κ2) is 5.69. The van der Waals surface area contributed by atoms with Gasteiger partial charge in [0.1, 0.15) is 0 Å². The van der Waals surface area contributed by atoms with Crippen LogP contribution in [0.2, 0.25) is 0 Å². The maximum atomic E-state index is 11.8. The van der Waals surface area contributed by atoms with E-state index in [1.54, 1.807) is 17.0 Å². The van der Waals surface area contributed by atoms with Crippen LogP contribution in [0.1, 0.15) is 17.5 Å². The minimum atomic E-state index is -0.857. The lowest BCUT2D eigenvalue weighted by Crippen LogP contribution is -2.25. The first-order valence-corrected chi connectivity index (χ1v) is 6.29. The van der Waals surface area contributed by atoms with Gasteiger partial charge in [-0.25, -0.2) is 0 Å². The number of rotatable bonds is 5. The molecule has 0 aliphatic carbocycles. The summed E-state index contributed by atoms with van der Waals surface area (Å²) >= 11 is 0. The van der Waals surface area contributed by atoms with Crippen LogP contribution in [0.4, 0.5) is 0 Å². The molecule has 0 spiro atoms. The lowest BCUT2D eigenvalue weighted by Gasteiger charge is -2.18. The number of nitrogens with zero attached hydrogens (tertiary/aromatic N) is 1. The number of benzene rings is 1. The highest BCUT2D eigenvalue weighted by Crippen LogP contribution is 2.22. The molecule has 1 saturated heterocycles. The van der Waals surface area contributed by atoms with Crippen molar-refractivity contribution in [3.05, 3.63) is 48.0 Å². The molecule has 1 aliphatic rings. The molecule has 1 N–H and O–H groups in total. The first-order chi connectivity index (χ1) is 9.10. The predicted octanol–water partition coefficient (Wildman–Crippen LogP) is 1.85. The summed E-state index contributed by atoms with van der Waals surface area (Å²) in [6, 6.07) is 7.37. The van der Waals surface area contributed by atoms with E-state index in [0.29, 0.717) is 19.5 Å². The van der Waals surface area contributed by atoms with Gasteiger partial charge in [0.2, 0.25) is 5.91 Å². The van der Waals surface area contributed by atoms with Crippen LogP contribution in [0.3, 0.4) is 0 Å². The Kier molecular flexibility index (Phi) is 4.00. The maximum absolute atomic E-state index is 11.8. The Labute approximate surface area is 112 Å². The molecular formula is C15H17NO3. The van der Waals surface area contributed by atoms with Crippen molar-refractivity contribution in [3.8, 4) is 0 Å². The molecule has 0 aromatic heterocycles. The van der Waals surface area contributed by atoms with Crippen molar-refractivity contribution < 1.29 is 14.7 Å². The van der Waals surface area contributed by atoms with Crippen molar-refractivity contribution in [1.82, 2.24) is 4.90 Å². The summed E-state index contributed by atoms with van der Waals surface area (Å²) in [7, 11) is 0. The van der Waals surface area contributed by atoms with Gasteiger partial charge in [0.15, 0.2) is 0 Å². The smallest absolute Gasteiger partial charge is 0.307 e. The van der Waals surface area contributed by atoms with Crippen molar-refractivity contribution in [2.75, 3.05) is 6.54 Å². The van der Waals surface area contributed by atoms with E-state index in [1.165, 1.54) is 0 Å². The molecule has 1 aliphatic heterocycles. The molecule has 1 aromatic carbocycles. The number of aliphatic carboxylic acids is 1. The molecule has 1 heterocycles. The van der Waals surface area contributed by atoms with Crippen molar-refractivity contribution in [1.29, 1.82) is 0 Å². The molecule has 0 bridgehead atoms. The van der Waals surface area contributed by atoms with Gasteiger partial charge in [-0.15, -0.1) is 6.58 Å². The molecule has 4 nitrogen and oxygen atoms in total. The molecule has 2 rings (SSSR count). The molecule has 1 aromatic rings. The second-order valence-corrected chi connectivity index (χ2v) is 4.81. The van der Waals surface area contributed by atoms with Crippen LogP contribution in [0.25, 0.3) is 0 Å². The molecule has 1 fully saturated rings. The number of amides is 1. The largest absolute Gasteiger partial charge is 0.481 e. The van der Waals surface area contributed by atoms with Crippen LogP contribution in [0.5, 0.6) is 0 Å². The van der Waals surface area contributed by atoms with Gasteiger partial charge in [-0.05, 0) is 11.1 Å². The minimum Gasteiger partial charge on any atom is -0.481 e. The fourth-order valence-corrected chi connectivity index (χ4v) is 2.37. The van der Waals surface area contributed by atoms with Gasteiger partial charge >= 0.3 is 5.97 Å². The van der Waals surface area contributed by atoms with Crippen LogP contribution >= 0.6 is 0 Å². The molecule has 0 saturated carbocycles. The highest BCUT2D eigenvalue weighted by molar-refractivity contribution is 5.79. The zero-order valence-corrected chi connectivity index (χ0v) is 10.7. The molecule has 19 heavy (non-hydrogen) atoms. The van der Waals surface area contributed by atoms with Crippen molar-refractivity contribution in [2.24, 2.45) is 5.92 Å². The third kappa shape index (κ3) is 3.22. The van der Waals surface area contributed by atoms with E-state index in [4.69, 9.17) is 5.11 Å². The minimum absolute atomic E-state index is 0.0108. The van der Waals surface area contributed by atoms with Gasteiger partial charge in [-0.1, -0.05) is 30.3 Å². The quantitative estimate of drug-likeness (QED) is 0.821. The SMILES string of the molecule is C=CC1CC(=O)N(Cc2ccccc2CC(=O)O)C1. The van der Waals surface area contributed by atoms with Gasteiger partial charge in [0.05, 0.1) is 6.42 Å². The number of likely N-dealkylation sites (tertiary alicyclic amines) is 1. The first-order valence-electron chi connectivity index (χ1n) is 6.29. The molecule has 1 unspecified atom stereocenters. The Morgan fingerprint density at radius 2 is 2.11 bits per heavy atom. The lowest BCUT2D eigenvalue weighted by molar-refractivity contribution is -0.136.